The number of rotatable bonds is 5. The Bertz CT molecular complexity index is 798. The predicted molar refractivity (Wildman–Crippen MR) is 105 cm³/mol. The highest BCUT2D eigenvalue weighted by Gasteiger charge is 2.41. The number of aliphatic imine (C=N–C) groups is 1. The first-order valence-corrected chi connectivity index (χ1v) is 9.72. The summed E-state index contributed by atoms with van der Waals surface area (Å²) in [6.07, 6.45) is -2.62. The number of oxazole rings is 1. The molecule has 6 nitrogen and oxygen atoms in total. The minimum Gasteiger partial charge on any atom is -0.444 e. The maximum Gasteiger partial charge on any atom is 0.403 e. The number of hydrogen-bond donors (Lipinski definition) is 1. The Morgan fingerprint density at radius 2 is 1.90 bits per heavy atom. The molecule has 0 aliphatic carbocycles. The fourth-order valence-electron chi connectivity index (χ4n) is 3.20. The zero-order valence-electron chi connectivity index (χ0n) is 16.6. The van der Waals surface area contributed by atoms with Gasteiger partial charge in [0.25, 0.3) is 0 Å². The van der Waals surface area contributed by atoms with Crippen LogP contribution in [0, 0.1) is 0 Å². The van der Waals surface area contributed by atoms with Crippen molar-refractivity contribution in [3.05, 3.63) is 42.3 Å². The minimum absolute atomic E-state index is 0.331. The number of aromatic nitrogens is 1. The zero-order valence-corrected chi connectivity index (χ0v) is 16.6. The van der Waals surface area contributed by atoms with Crippen LogP contribution in [-0.2, 0) is 6.54 Å². The molecule has 1 fully saturated rings. The molecule has 1 aromatic carbocycles. The van der Waals surface area contributed by atoms with E-state index in [0.717, 1.165) is 5.56 Å². The van der Waals surface area contributed by atoms with E-state index in [2.05, 4.69) is 15.3 Å². The summed E-state index contributed by atoms with van der Waals surface area (Å²) in [5.74, 6) is 1.21. The molecule has 1 atom stereocenters. The number of halogens is 3. The average Bonchev–Trinajstić information content (AvgIpc) is 3.20. The predicted octanol–water partition coefficient (Wildman–Crippen LogP) is 3.38. The third-order valence-corrected chi connectivity index (χ3v) is 4.93. The van der Waals surface area contributed by atoms with Crippen molar-refractivity contribution in [1.29, 1.82) is 0 Å². The van der Waals surface area contributed by atoms with Gasteiger partial charge in [-0.1, -0.05) is 18.2 Å². The van der Waals surface area contributed by atoms with E-state index in [4.69, 9.17) is 4.42 Å². The van der Waals surface area contributed by atoms with Crippen LogP contribution >= 0.6 is 0 Å². The fourth-order valence-corrected chi connectivity index (χ4v) is 3.20. The van der Waals surface area contributed by atoms with Crippen LogP contribution in [0.2, 0.25) is 0 Å². The summed E-state index contributed by atoms with van der Waals surface area (Å²) in [7, 11) is 0. The maximum atomic E-state index is 12.9. The van der Waals surface area contributed by atoms with Crippen LogP contribution in [0.5, 0.6) is 0 Å². The van der Waals surface area contributed by atoms with Gasteiger partial charge in [0.1, 0.15) is 18.0 Å². The average molecular weight is 409 g/mol. The molecule has 0 radical (unpaired) electrons. The van der Waals surface area contributed by atoms with Crippen LogP contribution in [0.1, 0.15) is 19.5 Å². The number of piperazine rings is 1. The molecule has 1 saturated heterocycles. The number of hydrogen-bond acceptors (Lipinski definition) is 4. The Hall–Kier alpha value is -2.55. The van der Waals surface area contributed by atoms with E-state index in [1.807, 2.05) is 42.2 Å². The van der Waals surface area contributed by atoms with Gasteiger partial charge in [0.05, 0.1) is 6.54 Å². The highest BCUT2D eigenvalue weighted by molar-refractivity contribution is 5.80. The van der Waals surface area contributed by atoms with E-state index in [0.29, 0.717) is 56.8 Å². The number of guanidine groups is 1. The van der Waals surface area contributed by atoms with Gasteiger partial charge < -0.3 is 14.6 Å². The second-order valence-corrected chi connectivity index (χ2v) is 6.92. The van der Waals surface area contributed by atoms with E-state index in [1.165, 1.54) is 11.8 Å². The standard InChI is InChI=1S/C20H26F3N5O/c1-3-24-19(28-11-9-27(10-12-28)15(2)20(21,22)23)25-13-17-14-29-18(26-17)16-7-5-4-6-8-16/h4-8,14-15H,3,9-13H2,1-2H3,(H,24,25). The normalized spacial score (nSPS) is 17.4. The third-order valence-electron chi connectivity index (χ3n) is 4.93. The van der Waals surface area contributed by atoms with Crippen LogP contribution in [0.4, 0.5) is 13.2 Å². The second-order valence-electron chi connectivity index (χ2n) is 6.92. The molecular formula is C20H26F3N5O. The summed E-state index contributed by atoms with van der Waals surface area (Å²) in [5, 5.41) is 3.21. The van der Waals surface area contributed by atoms with E-state index in [-0.39, 0.29) is 0 Å². The van der Waals surface area contributed by atoms with Gasteiger partial charge in [0.2, 0.25) is 5.89 Å². The number of benzene rings is 1. The summed E-state index contributed by atoms with van der Waals surface area (Å²) in [4.78, 5) is 12.5. The number of nitrogens with zero attached hydrogens (tertiary/aromatic N) is 4. The second kappa shape index (κ2) is 9.30. The van der Waals surface area contributed by atoms with E-state index in [1.54, 1.807) is 6.26 Å². The molecule has 2 aromatic rings. The number of nitrogens with one attached hydrogen (secondary N) is 1. The van der Waals surface area contributed by atoms with Crippen molar-refractivity contribution in [2.45, 2.75) is 32.6 Å². The Morgan fingerprint density at radius 1 is 1.21 bits per heavy atom. The van der Waals surface area contributed by atoms with Gasteiger partial charge in [-0.3, -0.25) is 4.90 Å². The van der Waals surface area contributed by atoms with Crippen LogP contribution < -0.4 is 5.32 Å². The molecule has 0 bridgehead atoms. The monoisotopic (exact) mass is 409 g/mol. The van der Waals surface area contributed by atoms with E-state index in [9.17, 15) is 13.2 Å². The molecule has 3 rings (SSSR count). The maximum absolute atomic E-state index is 12.9. The largest absolute Gasteiger partial charge is 0.444 e. The van der Waals surface area contributed by atoms with Crippen molar-refractivity contribution in [3.8, 4) is 11.5 Å². The van der Waals surface area contributed by atoms with Crippen LogP contribution in [-0.4, -0.2) is 65.7 Å². The molecule has 9 heteroatoms. The van der Waals surface area contributed by atoms with Crippen molar-refractivity contribution >= 4 is 5.96 Å². The molecule has 0 saturated carbocycles. The quantitative estimate of drug-likeness (QED) is 0.606. The molecule has 0 spiro atoms. The van der Waals surface area contributed by atoms with Gasteiger partial charge >= 0.3 is 6.18 Å². The van der Waals surface area contributed by atoms with Gasteiger partial charge in [0.15, 0.2) is 5.96 Å². The van der Waals surface area contributed by atoms with Crippen molar-refractivity contribution in [3.63, 3.8) is 0 Å². The zero-order chi connectivity index (χ0) is 20.9. The Kier molecular flexibility index (Phi) is 6.79. The lowest BCUT2D eigenvalue weighted by molar-refractivity contribution is -0.181. The third kappa shape index (κ3) is 5.50. The molecule has 1 unspecified atom stereocenters. The first-order chi connectivity index (χ1) is 13.9. The Morgan fingerprint density at radius 3 is 2.52 bits per heavy atom. The molecule has 0 amide bonds. The fraction of sp³-hybridized carbons (Fsp3) is 0.500. The molecule has 29 heavy (non-hydrogen) atoms. The minimum atomic E-state index is -4.20. The highest BCUT2D eigenvalue weighted by atomic mass is 19.4. The first-order valence-electron chi connectivity index (χ1n) is 9.72. The summed E-state index contributed by atoms with van der Waals surface area (Å²) in [5.41, 5.74) is 1.59. The molecule has 1 aliphatic heterocycles. The Balaban J connectivity index is 1.62. The lowest BCUT2D eigenvalue weighted by Gasteiger charge is -2.39. The van der Waals surface area contributed by atoms with Gasteiger partial charge in [-0.05, 0) is 26.0 Å². The smallest absolute Gasteiger partial charge is 0.403 e. The van der Waals surface area contributed by atoms with Gasteiger partial charge in [-0.25, -0.2) is 9.98 Å². The molecule has 2 heterocycles. The molecule has 158 valence electrons. The summed E-state index contributed by atoms with van der Waals surface area (Å²) in [6.45, 7) is 5.83. The van der Waals surface area contributed by atoms with Crippen molar-refractivity contribution in [2.75, 3.05) is 32.7 Å². The Labute approximate surface area is 168 Å². The van der Waals surface area contributed by atoms with Gasteiger partial charge in [-0.15, -0.1) is 0 Å². The van der Waals surface area contributed by atoms with Gasteiger partial charge in [0, 0.05) is 38.3 Å². The van der Waals surface area contributed by atoms with E-state index >= 15 is 0 Å². The summed E-state index contributed by atoms with van der Waals surface area (Å²) in [6, 6.07) is 8.17. The first kappa shape index (κ1) is 21.2. The van der Waals surface area contributed by atoms with Crippen molar-refractivity contribution in [2.24, 2.45) is 4.99 Å². The van der Waals surface area contributed by atoms with Crippen LogP contribution in [0.15, 0.2) is 46.0 Å². The highest BCUT2D eigenvalue weighted by Crippen LogP contribution is 2.25. The number of alkyl halides is 3. The SMILES string of the molecule is CCNC(=NCc1coc(-c2ccccc2)n1)N1CCN(C(C)C(F)(F)F)CC1. The topological polar surface area (TPSA) is 56.9 Å². The molecule has 1 N–H and O–H groups in total. The van der Waals surface area contributed by atoms with Crippen molar-refractivity contribution < 1.29 is 17.6 Å². The molecule has 1 aliphatic rings. The van der Waals surface area contributed by atoms with E-state index < -0.39 is 12.2 Å². The lowest BCUT2D eigenvalue weighted by atomic mass is 10.2. The van der Waals surface area contributed by atoms with Crippen LogP contribution in [0.3, 0.4) is 0 Å². The summed E-state index contributed by atoms with van der Waals surface area (Å²) >= 11 is 0. The molecule has 1 aromatic heterocycles. The van der Waals surface area contributed by atoms with Crippen LogP contribution in [0.25, 0.3) is 11.5 Å². The summed E-state index contributed by atoms with van der Waals surface area (Å²) < 4.78 is 44.3. The molecular weight excluding hydrogens is 383 g/mol. The van der Waals surface area contributed by atoms with Gasteiger partial charge in [-0.2, -0.15) is 13.2 Å². The lowest BCUT2D eigenvalue weighted by Crippen LogP contribution is -2.56. The van der Waals surface area contributed by atoms with Crippen molar-refractivity contribution in [1.82, 2.24) is 20.1 Å².